The lowest BCUT2D eigenvalue weighted by Crippen LogP contribution is -2.39. The van der Waals surface area contributed by atoms with E-state index in [4.69, 9.17) is 21.7 Å². The molecule has 0 fully saturated rings. The lowest BCUT2D eigenvalue weighted by atomic mass is 10.1. The summed E-state index contributed by atoms with van der Waals surface area (Å²) in [6.45, 7) is 8.56. The van der Waals surface area contributed by atoms with E-state index in [0.29, 0.717) is 23.6 Å². The van der Waals surface area contributed by atoms with Gasteiger partial charge in [0.1, 0.15) is 0 Å². The third-order valence-electron chi connectivity index (χ3n) is 4.93. The largest absolute Gasteiger partial charge is 0.454 e. The van der Waals surface area contributed by atoms with Gasteiger partial charge in [-0.3, -0.25) is 5.32 Å². The number of rotatable bonds is 4. The van der Waals surface area contributed by atoms with Gasteiger partial charge in [0.25, 0.3) is 0 Å². The molecule has 1 aromatic heterocycles. The summed E-state index contributed by atoms with van der Waals surface area (Å²) < 4.78 is 10.8. The Labute approximate surface area is 198 Å². The first-order valence-electron chi connectivity index (χ1n) is 10.5. The number of aliphatic imine (C=N–C) groups is 1. The van der Waals surface area contributed by atoms with Gasteiger partial charge in [-0.15, -0.1) is 0 Å². The first-order chi connectivity index (χ1) is 15.9. The fraction of sp³-hybridized carbons (Fsp3) is 0.250. The second-order valence-corrected chi connectivity index (χ2v) is 8.26. The first-order valence-corrected chi connectivity index (χ1v) is 10.9. The monoisotopic (exact) mass is 462 g/mol. The van der Waals surface area contributed by atoms with E-state index in [1.165, 1.54) is 5.56 Å². The highest BCUT2D eigenvalue weighted by Gasteiger charge is 2.13. The van der Waals surface area contributed by atoms with E-state index >= 15 is 0 Å². The van der Waals surface area contributed by atoms with Crippen molar-refractivity contribution in [2.45, 2.75) is 34.2 Å². The number of nitrogens with zero attached hydrogens (tertiary/aromatic N) is 3. The van der Waals surface area contributed by atoms with Crippen LogP contribution in [-0.4, -0.2) is 27.8 Å². The summed E-state index contributed by atoms with van der Waals surface area (Å²) in [7, 11) is 0. The molecule has 0 saturated heterocycles. The van der Waals surface area contributed by atoms with Crippen LogP contribution in [0.25, 0.3) is 0 Å². The minimum atomic E-state index is 0.235. The summed E-state index contributed by atoms with van der Waals surface area (Å²) in [5, 5.41) is 9.93. The van der Waals surface area contributed by atoms with Crippen molar-refractivity contribution in [2.24, 2.45) is 4.99 Å². The standard InChI is InChI=1S/C24H26N6O2S/c1-14-5-7-19(15(2)9-14)28-24(33)30-22(29-23-26-16(3)10-17(4)27-23)25-12-18-6-8-20-21(11-18)32-13-31-20/h5-11H,12-13H2,1-4H3,(H3,25,26,27,28,29,30,33). The van der Waals surface area contributed by atoms with Gasteiger partial charge in [-0.05, 0) is 75.3 Å². The molecule has 8 nitrogen and oxygen atoms in total. The Balaban J connectivity index is 1.53. The number of nitrogens with one attached hydrogen (secondary N) is 3. The van der Waals surface area contributed by atoms with E-state index in [9.17, 15) is 0 Å². The molecule has 1 aliphatic heterocycles. The predicted octanol–water partition coefficient (Wildman–Crippen LogP) is 4.39. The Morgan fingerprint density at radius 3 is 2.45 bits per heavy atom. The van der Waals surface area contributed by atoms with Crippen molar-refractivity contribution in [3.05, 3.63) is 70.5 Å². The van der Waals surface area contributed by atoms with Crippen molar-refractivity contribution in [3.63, 3.8) is 0 Å². The molecular formula is C24H26N6O2S. The molecule has 3 N–H and O–H groups in total. The Morgan fingerprint density at radius 2 is 1.70 bits per heavy atom. The fourth-order valence-electron chi connectivity index (χ4n) is 3.42. The van der Waals surface area contributed by atoms with Crippen LogP contribution in [-0.2, 0) is 6.54 Å². The van der Waals surface area contributed by atoms with Gasteiger partial charge in [0, 0.05) is 17.1 Å². The SMILES string of the molecule is Cc1ccc(NC(=S)NC(=NCc2ccc3c(c2)OCO3)Nc2nc(C)cc(C)n2)c(C)c1. The van der Waals surface area contributed by atoms with Crippen molar-refractivity contribution in [2.75, 3.05) is 17.4 Å². The van der Waals surface area contributed by atoms with Gasteiger partial charge < -0.3 is 20.1 Å². The van der Waals surface area contributed by atoms with E-state index in [1.807, 2.05) is 57.2 Å². The van der Waals surface area contributed by atoms with E-state index in [-0.39, 0.29) is 6.79 Å². The Kier molecular flexibility index (Phi) is 6.69. The normalized spacial score (nSPS) is 12.4. The second kappa shape index (κ2) is 9.83. The van der Waals surface area contributed by atoms with Crippen LogP contribution in [0.3, 0.4) is 0 Å². The highest BCUT2D eigenvalue weighted by Crippen LogP contribution is 2.32. The van der Waals surface area contributed by atoms with Gasteiger partial charge in [0.05, 0.1) is 6.54 Å². The van der Waals surface area contributed by atoms with Gasteiger partial charge in [-0.25, -0.2) is 15.0 Å². The molecule has 0 spiro atoms. The number of fused-ring (bicyclic) bond motifs is 1. The van der Waals surface area contributed by atoms with Gasteiger partial charge >= 0.3 is 0 Å². The molecule has 0 bridgehead atoms. The number of guanidine groups is 1. The molecule has 4 rings (SSSR count). The molecule has 0 atom stereocenters. The summed E-state index contributed by atoms with van der Waals surface area (Å²) in [4.78, 5) is 13.6. The number of aromatic nitrogens is 2. The summed E-state index contributed by atoms with van der Waals surface area (Å²) in [6.07, 6.45) is 0. The third kappa shape index (κ3) is 5.95. The molecule has 0 amide bonds. The van der Waals surface area contributed by atoms with E-state index in [2.05, 4.69) is 43.9 Å². The van der Waals surface area contributed by atoms with Crippen molar-refractivity contribution >= 4 is 34.9 Å². The Hall–Kier alpha value is -3.72. The second-order valence-electron chi connectivity index (χ2n) is 7.85. The van der Waals surface area contributed by atoms with Crippen molar-refractivity contribution < 1.29 is 9.47 Å². The quantitative estimate of drug-likeness (QED) is 0.299. The van der Waals surface area contributed by atoms with Crippen molar-refractivity contribution in [3.8, 4) is 11.5 Å². The average molecular weight is 463 g/mol. The molecule has 2 aromatic carbocycles. The molecule has 1 aliphatic rings. The number of anilines is 2. The van der Waals surface area contributed by atoms with E-state index in [1.54, 1.807) is 0 Å². The van der Waals surface area contributed by atoms with Crippen molar-refractivity contribution in [1.29, 1.82) is 0 Å². The number of hydrogen-bond donors (Lipinski definition) is 3. The smallest absolute Gasteiger partial charge is 0.231 e. The zero-order valence-corrected chi connectivity index (χ0v) is 19.8. The molecule has 0 aliphatic carbocycles. The fourth-order valence-corrected chi connectivity index (χ4v) is 3.63. The molecular weight excluding hydrogens is 436 g/mol. The number of thiocarbonyl (C=S) groups is 1. The minimum absolute atomic E-state index is 0.235. The van der Waals surface area contributed by atoms with Gasteiger partial charge in [-0.2, -0.15) is 0 Å². The molecule has 170 valence electrons. The van der Waals surface area contributed by atoms with Gasteiger partial charge in [-0.1, -0.05) is 23.8 Å². The zero-order chi connectivity index (χ0) is 23.4. The summed E-state index contributed by atoms with van der Waals surface area (Å²) in [5.74, 6) is 2.33. The van der Waals surface area contributed by atoms with Gasteiger partial charge in [0.15, 0.2) is 16.6 Å². The maximum atomic E-state index is 5.55. The number of hydrogen-bond acceptors (Lipinski definition) is 6. The highest BCUT2D eigenvalue weighted by molar-refractivity contribution is 7.80. The van der Waals surface area contributed by atoms with Crippen LogP contribution >= 0.6 is 12.2 Å². The highest BCUT2D eigenvalue weighted by atomic mass is 32.1. The predicted molar refractivity (Wildman–Crippen MR) is 134 cm³/mol. The van der Waals surface area contributed by atoms with Crippen LogP contribution in [0.4, 0.5) is 11.6 Å². The van der Waals surface area contributed by atoms with E-state index in [0.717, 1.165) is 39.7 Å². The van der Waals surface area contributed by atoms with Gasteiger partial charge in [0.2, 0.25) is 18.7 Å². The van der Waals surface area contributed by atoms with Crippen LogP contribution in [0.5, 0.6) is 11.5 Å². The van der Waals surface area contributed by atoms with Crippen LogP contribution in [0, 0.1) is 27.7 Å². The van der Waals surface area contributed by atoms with Crippen LogP contribution in [0.15, 0.2) is 47.5 Å². The molecule has 33 heavy (non-hydrogen) atoms. The summed E-state index contributed by atoms with van der Waals surface area (Å²) in [6, 6.07) is 13.8. The Morgan fingerprint density at radius 1 is 0.939 bits per heavy atom. The lowest BCUT2D eigenvalue weighted by molar-refractivity contribution is 0.174. The molecule has 9 heteroatoms. The minimum Gasteiger partial charge on any atom is -0.454 e. The Bertz CT molecular complexity index is 1210. The third-order valence-corrected chi connectivity index (χ3v) is 5.14. The maximum Gasteiger partial charge on any atom is 0.231 e. The van der Waals surface area contributed by atoms with Crippen molar-refractivity contribution in [1.82, 2.24) is 15.3 Å². The average Bonchev–Trinajstić information content (AvgIpc) is 3.21. The lowest BCUT2D eigenvalue weighted by Gasteiger charge is -2.15. The van der Waals surface area contributed by atoms with Crippen LogP contribution < -0.4 is 25.4 Å². The topological polar surface area (TPSA) is 92.7 Å². The number of aryl methyl sites for hydroxylation is 4. The number of ether oxygens (including phenoxy) is 2. The number of benzene rings is 2. The molecule has 0 saturated carbocycles. The van der Waals surface area contributed by atoms with Crippen LogP contribution in [0.1, 0.15) is 28.1 Å². The zero-order valence-electron chi connectivity index (χ0n) is 19.0. The molecule has 3 aromatic rings. The summed E-state index contributed by atoms with van der Waals surface area (Å²) >= 11 is 5.55. The molecule has 0 unspecified atom stereocenters. The van der Waals surface area contributed by atoms with E-state index < -0.39 is 0 Å². The maximum absolute atomic E-state index is 5.55. The molecule has 2 heterocycles. The summed E-state index contributed by atoms with van der Waals surface area (Å²) in [5.41, 5.74) is 5.90. The van der Waals surface area contributed by atoms with Crippen LogP contribution in [0.2, 0.25) is 0 Å². The molecule has 0 radical (unpaired) electrons. The first kappa shape index (κ1) is 22.5.